The normalized spacial score (nSPS) is 20.6. The van der Waals surface area contributed by atoms with Crippen molar-refractivity contribution in [2.24, 2.45) is 16.6 Å². The predicted molar refractivity (Wildman–Crippen MR) is 69.8 cm³/mol. The van der Waals surface area contributed by atoms with Gasteiger partial charge in [0.05, 0.1) is 12.6 Å². The van der Waals surface area contributed by atoms with Crippen LogP contribution in [-0.4, -0.2) is 23.9 Å². The molecule has 0 aromatic carbocycles. The van der Waals surface area contributed by atoms with E-state index in [1.807, 2.05) is 11.3 Å². The summed E-state index contributed by atoms with van der Waals surface area (Å²) in [5, 5.41) is 0. The zero-order chi connectivity index (χ0) is 11.7. The fourth-order valence-electron chi connectivity index (χ4n) is 2.02. The molecule has 1 unspecified atom stereocenters. The molecule has 0 saturated carbocycles. The molecule has 0 spiro atoms. The Hall–Kier alpha value is -1.03. The van der Waals surface area contributed by atoms with Crippen LogP contribution in [0.15, 0.2) is 17.1 Å². The molecule has 2 heterocycles. The first kappa shape index (κ1) is 11.5. The Kier molecular flexibility index (Phi) is 3.19. The van der Waals surface area contributed by atoms with Crippen LogP contribution in [0.4, 0.5) is 0 Å². The average Bonchev–Trinajstić information content (AvgIpc) is 2.75. The van der Waals surface area contributed by atoms with E-state index >= 15 is 0 Å². The van der Waals surface area contributed by atoms with E-state index in [1.54, 1.807) is 0 Å². The van der Waals surface area contributed by atoms with Crippen LogP contribution >= 0.6 is 11.3 Å². The first-order valence-electron chi connectivity index (χ1n) is 5.71. The van der Waals surface area contributed by atoms with Crippen LogP contribution in [0.1, 0.15) is 29.6 Å². The van der Waals surface area contributed by atoms with Gasteiger partial charge in [0.25, 0.3) is 0 Å². The monoisotopic (exact) mass is 237 g/mol. The molecule has 0 fully saturated rings. The third-order valence-corrected chi connectivity index (χ3v) is 3.85. The van der Waals surface area contributed by atoms with Crippen molar-refractivity contribution in [3.05, 3.63) is 21.9 Å². The van der Waals surface area contributed by atoms with Crippen LogP contribution in [-0.2, 0) is 0 Å². The highest BCUT2D eigenvalue weighted by molar-refractivity contribution is 7.12. The fourth-order valence-corrected chi connectivity index (χ4v) is 3.00. The van der Waals surface area contributed by atoms with Gasteiger partial charge in [-0.25, -0.2) is 0 Å². The molecule has 1 atom stereocenters. The quantitative estimate of drug-likeness (QED) is 0.877. The minimum Gasteiger partial charge on any atom is -0.370 e. The molecule has 2 rings (SSSR count). The molecule has 0 bridgehead atoms. The molecule has 3 nitrogen and oxygen atoms in total. The van der Waals surface area contributed by atoms with Crippen molar-refractivity contribution < 1.29 is 0 Å². The second-order valence-corrected chi connectivity index (χ2v) is 6.03. The lowest BCUT2D eigenvalue weighted by atomic mass is 10.1. The number of hydrogen-bond donors (Lipinski definition) is 1. The minimum absolute atomic E-state index is 0.362. The van der Waals surface area contributed by atoms with Crippen molar-refractivity contribution in [3.8, 4) is 0 Å². The Morgan fingerprint density at radius 3 is 2.88 bits per heavy atom. The molecule has 0 saturated heterocycles. The van der Waals surface area contributed by atoms with Crippen LogP contribution in [0.3, 0.4) is 0 Å². The van der Waals surface area contributed by atoms with Crippen LogP contribution in [0.5, 0.6) is 0 Å². The number of guanidine groups is 1. The number of hydrogen-bond acceptors (Lipinski definition) is 4. The van der Waals surface area contributed by atoms with Gasteiger partial charge in [0, 0.05) is 16.3 Å². The Bertz CT molecular complexity index is 395. The van der Waals surface area contributed by atoms with E-state index in [4.69, 9.17) is 5.73 Å². The summed E-state index contributed by atoms with van der Waals surface area (Å²) in [6, 6.07) is 4.73. The Morgan fingerprint density at radius 1 is 1.56 bits per heavy atom. The summed E-state index contributed by atoms with van der Waals surface area (Å²) in [5.41, 5.74) is 5.94. The molecular weight excluding hydrogens is 218 g/mol. The van der Waals surface area contributed by atoms with Gasteiger partial charge in [-0.15, -0.1) is 11.3 Å². The molecule has 2 N–H and O–H groups in total. The zero-order valence-corrected chi connectivity index (χ0v) is 10.9. The van der Waals surface area contributed by atoms with Crippen LogP contribution in [0.2, 0.25) is 0 Å². The number of nitrogens with zero attached hydrogens (tertiary/aromatic N) is 2. The SMILES string of the molecule is Cc1ccc(C2CN=C(N)N2CC(C)C)s1. The maximum absolute atomic E-state index is 5.94. The van der Waals surface area contributed by atoms with Crippen molar-refractivity contribution in [2.45, 2.75) is 26.8 Å². The average molecular weight is 237 g/mol. The van der Waals surface area contributed by atoms with Gasteiger partial charge in [-0.05, 0) is 25.0 Å². The lowest BCUT2D eigenvalue weighted by Crippen LogP contribution is -2.38. The van der Waals surface area contributed by atoms with Crippen molar-refractivity contribution in [1.82, 2.24) is 4.90 Å². The third-order valence-electron chi connectivity index (χ3n) is 2.75. The smallest absolute Gasteiger partial charge is 0.191 e. The summed E-state index contributed by atoms with van der Waals surface area (Å²) in [7, 11) is 0. The van der Waals surface area contributed by atoms with E-state index < -0.39 is 0 Å². The third kappa shape index (κ3) is 2.21. The van der Waals surface area contributed by atoms with Gasteiger partial charge >= 0.3 is 0 Å². The Morgan fingerprint density at radius 2 is 2.31 bits per heavy atom. The lowest BCUT2D eigenvalue weighted by Gasteiger charge is -2.27. The molecule has 1 aromatic heterocycles. The van der Waals surface area contributed by atoms with Gasteiger partial charge in [0.2, 0.25) is 0 Å². The highest BCUT2D eigenvalue weighted by Gasteiger charge is 2.28. The molecule has 88 valence electrons. The van der Waals surface area contributed by atoms with E-state index in [9.17, 15) is 0 Å². The molecule has 16 heavy (non-hydrogen) atoms. The van der Waals surface area contributed by atoms with Gasteiger partial charge in [-0.3, -0.25) is 4.99 Å². The second-order valence-electron chi connectivity index (χ2n) is 4.71. The molecule has 0 amide bonds. The van der Waals surface area contributed by atoms with E-state index in [1.165, 1.54) is 9.75 Å². The first-order valence-corrected chi connectivity index (χ1v) is 6.52. The minimum atomic E-state index is 0.362. The molecule has 0 radical (unpaired) electrons. The molecule has 1 aromatic rings. The fraction of sp³-hybridized carbons (Fsp3) is 0.583. The van der Waals surface area contributed by atoms with Gasteiger partial charge in [0.1, 0.15) is 0 Å². The van der Waals surface area contributed by atoms with Gasteiger partial charge in [-0.2, -0.15) is 0 Å². The number of nitrogens with two attached hydrogens (primary N) is 1. The first-order chi connectivity index (χ1) is 7.58. The maximum atomic E-state index is 5.94. The standard InChI is InChI=1S/C12H19N3S/c1-8(2)7-15-10(6-14-12(15)13)11-5-4-9(3)16-11/h4-5,8,10H,6-7H2,1-3H3,(H2,13,14). The van der Waals surface area contributed by atoms with Crippen molar-refractivity contribution in [2.75, 3.05) is 13.1 Å². The Labute approximate surface area is 101 Å². The van der Waals surface area contributed by atoms with Crippen LogP contribution in [0.25, 0.3) is 0 Å². The second kappa shape index (κ2) is 4.45. The van der Waals surface area contributed by atoms with Crippen molar-refractivity contribution in [3.63, 3.8) is 0 Å². The van der Waals surface area contributed by atoms with Crippen LogP contribution in [0, 0.1) is 12.8 Å². The van der Waals surface area contributed by atoms with Gasteiger partial charge in [-0.1, -0.05) is 13.8 Å². The molecule has 4 heteroatoms. The summed E-state index contributed by atoms with van der Waals surface area (Å²) < 4.78 is 0. The molecular formula is C12H19N3S. The predicted octanol–water partition coefficient (Wildman–Crippen LogP) is 2.38. The largest absolute Gasteiger partial charge is 0.370 e. The number of aryl methyl sites for hydroxylation is 1. The van der Waals surface area contributed by atoms with Crippen LogP contribution < -0.4 is 5.73 Å². The summed E-state index contributed by atoms with van der Waals surface area (Å²) >= 11 is 1.85. The summed E-state index contributed by atoms with van der Waals surface area (Å²) in [6.07, 6.45) is 0. The lowest BCUT2D eigenvalue weighted by molar-refractivity contribution is 0.313. The zero-order valence-electron chi connectivity index (χ0n) is 10.1. The van der Waals surface area contributed by atoms with E-state index in [-0.39, 0.29) is 0 Å². The topological polar surface area (TPSA) is 41.6 Å². The number of aliphatic imine (C=N–C) groups is 1. The van der Waals surface area contributed by atoms with Gasteiger partial charge < -0.3 is 10.6 Å². The van der Waals surface area contributed by atoms with Gasteiger partial charge in [0.15, 0.2) is 5.96 Å². The summed E-state index contributed by atoms with van der Waals surface area (Å²) in [5.74, 6) is 1.31. The summed E-state index contributed by atoms with van der Waals surface area (Å²) in [6.45, 7) is 8.35. The Balaban J connectivity index is 2.16. The summed E-state index contributed by atoms with van der Waals surface area (Å²) in [4.78, 5) is 9.33. The molecule has 1 aliphatic heterocycles. The molecule has 0 aliphatic carbocycles. The number of thiophene rings is 1. The maximum Gasteiger partial charge on any atom is 0.191 e. The van der Waals surface area contributed by atoms with Crippen molar-refractivity contribution in [1.29, 1.82) is 0 Å². The van der Waals surface area contributed by atoms with E-state index in [2.05, 4.69) is 42.8 Å². The van der Waals surface area contributed by atoms with Crippen molar-refractivity contribution >= 4 is 17.3 Å². The highest BCUT2D eigenvalue weighted by atomic mass is 32.1. The highest BCUT2D eigenvalue weighted by Crippen LogP contribution is 2.31. The number of rotatable bonds is 3. The van der Waals surface area contributed by atoms with E-state index in [0.717, 1.165) is 13.1 Å². The molecule has 1 aliphatic rings. The van der Waals surface area contributed by atoms with E-state index in [0.29, 0.717) is 17.9 Å².